The van der Waals surface area contributed by atoms with Crippen molar-refractivity contribution >= 4 is 29.3 Å². The molecule has 3 aromatic rings. The summed E-state index contributed by atoms with van der Waals surface area (Å²) in [6.07, 6.45) is -0.874. The first-order valence-corrected chi connectivity index (χ1v) is 10.3. The maximum Gasteiger partial charge on any atom is 0.407 e. The van der Waals surface area contributed by atoms with E-state index in [1.807, 2.05) is 36.4 Å². The van der Waals surface area contributed by atoms with E-state index < -0.39 is 18.0 Å². The van der Waals surface area contributed by atoms with Crippen LogP contribution in [0.1, 0.15) is 29.2 Å². The van der Waals surface area contributed by atoms with Gasteiger partial charge in [0.25, 0.3) is 0 Å². The molecule has 0 spiro atoms. The number of hydrogen-bond donors (Lipinski definition) is 3. The molecule has 0 heterocycles. The maximum absolute atomic E-state index is 14.0. The zero-order valence-electron chi connectivity index (χ0n) is 17.2. The third-order valence-corrected chi connectivity index (χ3v) is 4.99. The second-order valence-corrected chi connectivity index (χ2v) is 7.50. The van der Waals surface area contributed by atoms with Crippen LogP contribution in [0.3, 0.4) is 0 Å². The van der Waals surface area contributed by atoms with Crippen LogP contribution in [0, 0.1) is 5.82 Å². The third kappa shape index (κ3) is 6.80. The molecule has 0 aliphatic rings. The molecule has 32 heavy (non-hydrogen) atoms. The molecule has 0 unspecified atom stereocenters. The second-order valence-electron chi connectivity index (χ2n) is 7.09. The van der Waals surface area contributed by atoms with Crippen LogP contribution in [0.5, 0.6) is 0 Å². The van der Waals surface area contributed by atoms with Crippen LogP contribution >= 0.6 is 11.6 Å². The maximum atomic E-state index is 14.0. The molecule has 166 valence electrons. The molecular formula is C24H23ClFN3O3. The molecule has 3 aromatic carbocycles. The Balaban J connectivity index is 1.70. The number of ether oxygens (including phenoxy) is 1. The average Bonchev–Trinajstić information content (AvgIpc) is 2.80. The normalized spacial score (nSPS) is 11.5. The van der Waals surface area contributed by atoms with Gasteiger partial charge in [-0.3, -0.25) is 4.79 Å². The summed E-state index contributed by atoms with van der Waals surface area (Å²) < 4.78 is 19.3. The Morgan fingerprint density at radius 1 is 1.00 bits per heavy atom. The fourth-order valence-corrected chi connectivity index (χ4v) is 3.18. The SMILES string of the molecule is NCc1cccc(NC(=O)C[C@H](NC(=O)OCc2ccccc2)c2ccc(Cl)c(F)c2)c1. The van der Waals surface area contributed by atoms with Gasteiger partial charge in [-0.05, 0) is 41.0 Å². The molecule has 2 amide bonds. The number of hydrogen-bond acceptors (Lipinski definition) is 4. The van der Waals surface area contributed by atoms with Crippen LogP contribution in [0.2, 0.25) is 5.02 Å². The lowest BCUT2D eigenvalue weighted by Gasteiger charge is -2.19. The molecule has 0 bridgehead atoms. The number of anilines is 1. The number of alkyl carbamates (subject to hydrolysis) is 1. The fraction of sp³-hybridized carbons (Fsp3) is 0.167. The Kier molecular flexibility index (Phi) is 8.19. The minimum Gasteiger partial charge on any atom is -0.445 e. The van der Waals surface area contributed by atoms with E-state index in [-0.39, 0.29) is 24.0 Å². The van der Waals surface area contributed by atoms with Gasteiger partial charge in [0.05, 0.1) is 17.5 Å². The first-order chi connectivity index (χ1) is 15.4. The molecule has 0 aliphatic heterocycles. The number of nitrogens with one attached hydrogen (secondary N) is 2. The van der Waals surface area contributed by atoms with Gasteiger partial charge in [-0.25, -0.2) is 9.18 Å². The van der Waals surface area contributed by atoms with Crippen LogP contribution in [0.4, 0.5) is 14.9 Å². The van der Waals surface area contributed by atoms with Crippen molar-refractivity contribution in [1.82, 2.24) is 5.32 Å². The number of amides is 2. The lowest BCUT2D eigenvalue weighted by Crippen LogP contribution is -2.32. The lowest BCUT2D eigenvalue weighted by atomic mass is 10.0. The Bertz CT molecular complexity index is 1080. The van der Waals surface area contributed by atoms with E-state index in [1.54, 1.807) is 24.3 Å². The molecule has 3 rings (SSSR count). The third-order valence-electron chi connectivity index (χ3n) is 4.69. The quantitative estimate of drug-likeness (QED) is 0.448. The minimum absolute atomic E-state index is 0.0535. The molecule has 0 aromatic heterocycles. The molecule has 8 heteroatoms. The second kappa shape index (κ2) is 11.3. The molecule has 0 saturated carbocycles. The summed E-state index contributed by atoms with van der Waals surface area (Å²) in [6, 6.07) is 19.6. The highest BCUT2D eigenvalue weighted by molar-refractivity contribution is 6.30. The zero-order chi connectivity index (χ0) is 22.9. The van der Waals surface area contributed by atoms with Gasteiger partial charge in [-0.2, -0.15) is 0 Å². The Hall–Kier alpha value is -3.42. The molecular weight excluding hydrogens is 433 g/mol. The van der Waals surface area contributed by atoms with Crippen molar-refractivity contribution in [1.29, 1.82) is 0 Å². The smallest absolute Gasteiger partial charge is 0.407 e. The largest absolute Gasteiger partial charge is 0.445 e. The molecule has 0 fully saturated rings. The van der Waals surface area contributed by atoms with Crippen LogP contribution < -0.4 is 16.4 Å². The van der Waals surface area contributed by atoms with E-state index in [9.17, 15) is 14.0 Å². The molecule has 1 atom stereocenters. The predicted octanol–water partition coefficient (Wildman–Crippen LogP) is 4.93. The van der Waals surface area contributed by atoms with Crippen LogP contribution in [0.25, 0.3) is 0 Å². The summed E-state index contributed by atoms with van der Waals surface area (Å²) in [5.41, 5.74) is 8.27. The summed E-state index contributed by atoms with van der Waals surface area (Å²) in [7, 11) is 0. The van der Waals surface area contributed by atoms with Gasteiger partial charge in [-0.15, -0.1) is 0 Å². The summed E-state index contributed by atoms with van der Waals surface area (Å²) >= 11 is 5.77. The minimum atomic E-state index is -0.831. The highest BCUT2D eigenvalue weighted by Crippen LogP contribution is 2.23. The van der Waals surface area contributed by atoms with Gasteiger partial charge in [0.1, 0.15) is 12.4 Å². The van der Waals surface area contributed by atoms with Gasteiger partial charge >= 0.3 is 6.09 Å². The topological polar surface area (TPSA) is 93.5 Å². The molecule has 4 N–H and O–H groups in total. The molecule has 0 saturated heterocycles. The molecule has 6 nitrogen and oxygen atoms in total. The van der Waals surface area contributed by atoms with Crippen molar-refractivity contribution in [3.05, 3.63) is 100 Å². The summed E-state index contributed by atoms with van der Waals surface area (Å²) in [5.74, 6) is -1.02. The van der Waals surface area contributed by atoms with E-state index >= 15 is 0 Å². The van der Waals surface area contributed by atoms with Crippen molar-refractivity contribution in [3.63, 3.8) is 0 Å². The fourth-order valence-electron chi connectivity index (χ4n) is 3.06. The number of carbonyl (C=O) groups is 2. The number of rotatable bonds is 8. The summed E-state index contributed by atoms with van der Waals surface area (Å²) in [4.78, 5) is 25.0. The van der Waals surface area contributed by atoms with Crippen LogP contribution in [-0.4, -0.2) is 12.0 Å². The van der Waals surface area contributed by atoms with E-state index in [4.69, 9.17) is 22.1 Å². The lowest BCUT2D eigenvalue weighted by molar-refractivity contribution is -0.116. The summed E-state index contributed by atoms with van der Waals surface area (Å²) in [5, 5.41) is 5.35. The first-order valence-electron chi connectivity index (χ1n) is 9.95. The summed E-state index contributed by atoms with van der Waals surface area (Å²) in [6.45, 7) is 0.400. The molecule has 0 radical (unpaired) electrons. The Morgan fingerprint density at radius 2 is 1.75 bits per heavy atom. The number of carbonyl (C=O) groups excluding carboxylic acids is 2. The first kappa shape index (κ1) is 23.2. The van der Waals surface area contributed by atoms with E-state index in [1.165, 1.54) is 12.1 Å². The average molecular weight is 456 g/mol. The van der Waals surface area contributed by atoms with Crippen molar-refractivity contribution in [3.8, 4) is 0 Å². The molecule has 0 aliphatic carbocycles. The zero-order valence-corrected chi connectivity index (χ0v) is 17.9. The highest BCUT2D eigenvalue weighted by atomic mass is 35.5. The van der Waals surface area contributed by atoms with Gasteiger partial charge < -0.3 is 21.1 Å². The van der Waals surface area contributed by atoms with E-state index in [0.29, 0.717) is 17.8 Å². The van der Waals surface area contributed by atoms with Gasteiger partial charge in [0.2, 0.25) is 5.91 Å². The number of benzene rings is 3. The Labute approximate surface area is 190 Å². The van der Waals surface area contributed by atoms with Crippen molar-refractivity contribution in [2.45, 2.75) is 25.6 Å². The van der Waals surface area contributed by atoms with Crippen LogP contribution in [-0.2, 0) is 22.7 Å². The highest BCUT2D eigenvalue weighted by Gasteiger charge is 2.21. The van der Waals surface area contributed by atoms with Crippen molar-refractivity contribution in [2.24, 2.45) is 5.73 Å². The van der Waals surface area contributed by atoms with Gasteiger partial charge in [0.15, 0.2) is 0 Å². The monoisotopic (exact) mass is 455 g/mol. The predicted molar refractivity (Wildman–Crippen MR) is 121 cm³/mol. The van der Waals surface area contributed by atoms with Crippen LogP contribution in [0.15, 0.2) is 72.8 Å². The standard InChI is InChI=1S/C24H23ClFN3O3/c25-20-10-9-18(12-21(20)26)22(29-24(31)32-15-16-5-2-1-3-6-16)13-23(30)28-19-8-4-7-17(11-19)14-27/h1-12,22H,13-15,27H2,(H,28,30)(H,29,31)/t22-/m0/s1. The number of halogens is 2. The van der Waals surface area contributed by atoms with E-state index in [2.05, 4.69) is 10.6 Å². The van der Waals surface area contributed by atoms with Crippen molar-refractivity contribution in [2.75, 3.05) is 5.32 Å². The van der Waals surface area contributed by atoms with Crippen molar-refractivity contribution < 1.29 is 18.7 Å². The van der Waals surface area contributed by atoms with Gasteiger partial charge in [-0.1, -0.05) is 60.1 Å². The van der Waals surface area contributed by atoms with Gasteiger partial charge in [0, 0.05) is 12.2 Å². The Morgan fingerprint density at radius 3 is 2.47 bits per heavy atom. The van der Waals surface area contributed by atoms with E-state index in [0.717, 1.165) is 11.1 Å². The number of nitrogens with two attached hydrogens (primary N) is 1.